The zero-order chi connectivity index (χ0) is 19.9. The lowest BCUT2D eigenvalue weighted by Crippen LogP contribution is -2.18. The van der Waals surface area contributed by atoms with Crippen molar-refractivity contribution < 1.29 is 9.53 Å². The molecule has 8 heteroatoms. The van der Waals surface area contributed by atoms with Crippen LogP contribution in [0.25, 0.3) is 11.3 Å². The van der Waals surface area contributed by atoms with Crippen LogP contribution in [-0.4, -0.2) is 28.9 Å². The molecule has 0 radical (unpaired) electrons. The van der Waals surface area contributed by atoms with Gasteiger partial charge in [-0.2, -0.15) is 10.2 Å². The quantitative estimate of drug-likeness (QED) is 0.422. The molecule has 0 bridgehead atoms. The molecule has 1 heterocycles. The van der Waals surface area contributed by atoms with Gasteiger partial charge in [-0.05, 0) is 36.8 Å². The van der Waals surface area contributed by atoms with E-state index in [1.807, 2.05) is 31.2 Å². The third-order valence-corrected chi connectivity index (χ3v) is 4.34. The summed E-state index contributed by atoms with van der Waals surface area (Å²) in [6.45, 7) is 2.65. The van der Waals surface area contributed by atoms with Gasteiger partial charge >= 0.3 is 0 Å². The Kier molecular flexibility index (Phi) is 6.68. The lowest BCUT2D eigenvalue weighted by molar-refractivity contribution is 0.0950. The van der Waals surface area contributed by atoms with Gasteiger partial charge in [0.05, 0.1) is 23.5 Å². The highest BCUT2D eigenvalue weighted by atomic mass is 35.5. The summed E-state index contributed by atoms with van der Waals surface area (Å²) in [7, 11) is 0. The Hall–Kier alpha value is -2.83. The number of halogens is 2. The monoisotopic (exact) mass is 416 g/mol. The van der Waals surface area contributed by atoms with Crippen LogP contribution in [-0.2, 0) is 0 Å². The van der Waals surface area contributed by atoms with Crippen LogP contribution in [0.1, 0.15) is 29.4 Å². The van der Waals surface area contributed by atoms with Crippen LogP contribution in [0.15, 0.2) is 53.6 Å². The number of hydrazone groups is 1. The number of hydrogen-bond donors (Lipinski definition) is 2. The molecule has 0 aliphatic carbocycles. The number of carbonyl (C=O) groups excluding carboxylic acids is 1. The third kappa shape index (κ3) is 4.91. The molecule has 144 valence electrons. The Morgan fingerprint density at radius 1 is 1.25 bits per heavy atom. The highest BCUT2D eigenvalue weighted by Crippen LogP contribution is 2.28. The standard InChI is InChI=1S/C20H18Cl2N4O2/c1-2-9-28-19-6-4-3-5-15(19)17-11-18(25-24-17)20(27)26-23-12-13-7-8-14(21)10-16(13)22/h3-8,10-12H,2,9H2,1H3,(H,24,25)(H,26,27)/b23-12-. The molecule has 3 aromatic rings. The maximum Gasteiger partial charge on any atom is 0.289 e. The molecule has 3 rings (SSSR count). The number of amides is 1. The lowest BCUT2D eigenvalue weighted by atomic mass is 10.1. The number of nitrogens with zero attached hydrogens (tertiary/aromatic N) is 2. The zero-order valence-corrected chi connectivity index (χ0v) is 16.6. The Balaban J connectivity index is 1.70. The smallest absolute Gasteiger partial charge is 0.289 e. The van der Waals surface area contributed by atoms with Gasteiger partial charge in [0.25, 0.3) is 5.91 Å². The molecule has 0 unspecified atom stereocenters. The molecule has 0 saturated carbocycles. The summed E-state index contributed by atoms with van der Waals surface area (Å²) in [4.78, 5) is 12.3. The number of aromatic nitrogens is 2. The molecule has 1 aromatic heterocycles. The first-order chi connectivity index (χ1) is 13.6. The van der Waals surface area contributed by atoms with Gasteiger partial charge in [-0.3, -0.25) is 9.89 Å². The zero-order valence-electron chi connectivity index (χ0n) is 15.1. The van der Waals surface area contributed by atoms with Crippen LogP contribution >= 0.6 is 23.2 Å². The van der Waals surface area contributed by atoms with Crippen molar-refractivity contribution in [1.29, 1.82) is 0 Å². The molecule has 0 aliphatic rings. The van der Waals surface area contributed by atoms with Gasteiger partial charge in [0, 0.05) is 16.1 Å². The number of para-hydroxylation sites is 1. The van der Waals surface area contributed by atoms with Crippen LogP contribution in [0.2, 0.25) is 10.0 Å². The van der Waals surface area contributed by atoms with Gasteiger partial charge in [0.2, 0.25) is 0 Å². The topological polar surface area (TPSA) is 79.4 Å². The van der Waals surface area contributed by atoms with Crippen molar-refractivity contribution >= 4 is 35.3 Å². The Bertz CT molecular complexity index is 1000. The van der Waals surface area contributed by atoms with Crippen molar-refractivity contribution in [2.24, 2.45) is 5.10 Å². The van der Waals surface area contributed by atoms with Crippen LogP contribution in [0.4, 0.5) is 0 Å². The van der Waals surface area contributed by atoms with Gasteiger partial charge in [0.15, 0.2) is 0 Å². The average molecular weight is 417 g/mol. The van der Waals surface area contributed by atoms with Crippen molar-refractivity contribution in [1.82, 2.24) is 15.6 Å². The SMILES string of the molecule is CCCOc1ccccc1-c1cc(C(=O)N/N=C\c2ccc(Cl)cc2Cl)[nH]n1. The number of aromatic amines is 1. The van der Waals surface area contributed by atoms with Crippen LogP contribution in [0.3, 0.4) is 0 Å². The normalized spacial score (nSPS) is 11.0. The molecule has 1 amide bonds. The Labute approximate surface area is 172 Å². The minimum absolute atomic E-state index is 0.277. The fourth-order valence-electron chi connectivity index (χ4n) is 2.42. The second kappa shape index (κ2) is 9.39. The molecule has 28 heavy (non-hydrogen) atoms. The van der Waals surface area contributed by atoms with Crippen molar-refractivity contribution in [2.45, 2.75) is 13.3 Å². The lowest BCUT2D eigenvalue weighted by Gasteiger charge is -2.08. The fraction of sp³-hybridized carbons (Fsp3) is 0.150. The summed E-state index contributed by atoms with van der Waals surface area (Å²) in [5.74, 6) is 0.297. The molecule has 2 N–H and O–H groups in total. The third-order valence-electron chi connectivity index (χ3n) is 3.78. The van der Waals surface area contributed by atoms with E-state index in [4.69, 9.17) is 27.9 Å². The van der Waals surface area contributed by atoms with E-state index in [9.17, 15) is 4.79 Å². The van der Waals surface area contributed by atoms with Crippen LogP contribution in [0.5, 0.6) is 5.75 Å². The van der Waals surface area contributed by atoms with Crippen LogP contribution < -0.4 is 10.2 Å². The molecule has 6 nitrogen and oxygen atoms in total. The first-order valence-corrected chi connectivity index (χ1v) is 9.40. The highest BCUT2D eigenvalue weighted by molar-refractivity contribution is 6.36. The van der Waals surface area contributed by atoms with E-state index in [-0.39, 0.29) is 5.69 Å². The van der Waals surface area contributed by atoms with Crippen molar-refractivity contribution in [3.8, 4) is 17.0 Å². The maximum atomic E-state index is 12.3. The largest absolute Gasteiger partial charge is 0.493 e. The van der Waals surface area contributed by atoms with E-state index in [0.717, 1.165) is 17.7 Å². The van der Waals surface area contributed by atoms with E-state index in [0.29, 0.717) is 27.9 Å². The molecular formula is C20H18Cl2N4O2. The molecule has 0 fully saturated rings. The van der Waals surface area contributed by atoms with Crippen LogP contribution in [0, 0.1) is 0 Å². The van der Waals surface area contributed by atoms with Gasteiger partial charge < -0.3 is 4.74 Å². The summed E-state index contributed by atoms with van der Waals surface area (Å²) in [5, 5.41) is 11.8. The number of benzene rings is 2. The summed E-state index contributed by atoms with van der Waals surface area (Å²) >= 11 is 11.9. The molecular weight excluding hydrogens is 399 g/mol. The van der Waals surface area contributed by atoms with E-state index in [1.54, 1.807) is 24.3 Å². The van der Waals surface area contributed by atoms with Gasteiger partial charge in [-0.15, -0.1) is 0 Å². The predicted molar refractivity (Wildman–Crippen MR) is 111 cm³/mol. The van der Waals surface area contributed by atoms with E-state index in [1.165, 1.54) is 6.21 Å². The van der Waals surface area contributed by atoms with Gasteiger partial charge in [0.1, 0.15) is 11.4 Å². The van der Waals surface area contributed by atoms with E-state index in [2.05, 4.69) is 20.7 Å². The first-order valence-electron chi connectivity index (χ1n) is 8.64. The second-order valence-corrected chi connectivity index (χ2v) is 6.72. The number of carbonyl (C=O) groups is 1. The number of nitrogens with one attached hydrogen (secondary N) is 2. The number of ether oxygens (including phenoxy) is 1. The summed E-state index contributed by atoms with van der Waals surface area (Å²) < 4.78 is 5.74. The van der Waals surface area contributed by atoms with Gasteiger partial charge in [-0.1, -0.05) is 48.3 Å². The fourth-order valence-corrected chi connectivity index (χ4v) is 2.88. The van der Waals surface area contributed by atoms with E-state index >= 15 is 0 Å². The summed E-state index contributed by atoms with van der Waals surface area (Å²) in [6, 6.07) is 14.2. The maximum absolute atomic E-state index is 12.3. The van der Waals surface area contributed by atoms with Gasteiger partial charge in [-0.25, -0.2) is 5.43 Å². The first kappa shape index (κ1) is 19.9. The molecule has 2 aromatic carbocycles. The Morgan fingerprint density at radius 2 is 2.07 bits per heavy atom. The van der Waals surface area contributed by atoms with Crippen molar-refractivity contribution in [3.05, 3.63) is 69.8 Å². The summed E-state index contributed by atoms with van der Waals surface area (Å²) in [5.41, 5.74) is 4.78. The predicted octanol–water partition coefficient (Wildman–Crippen LogP) is 4.94. The highest BCUT2D eigenvalue weighted by Gasteiger charge is 2.13. The minimum Gasteiger partial charge on any atom is -0.493 e. The minimum atomic E-state index is -0.424. The molecule has 0 saturated heterocycles. The molecule has 0 atom stereocenters. The number of rotatable bonds is 7. The molecule has 0 aliphatic heterocycles. The Morgan fingerprint density at radius 3 is 2.86 bits per heavy atom. The van der Waals surface area contributed by atoms with Crippen molar-refractivity contribution in [2.75, 3.05) is 6.61 Å². The number of hydrogen-bond acceptors (Lipinski definition) is 4. The molecule has 0 spiro atoms. The average Bonchev–Trinajstić information content (AvgIpc) is 3.18. The number of H-pyrrole nitrogens is 1. The summed E-state index contributed by atoms with van der Waals surface area (Å²) in [6.07, 6.45) is 2.35. The van der Waals surface area contributed by atoms with E-state index < -0.39 is 5.91 Å². The van der Waals surface area contributed by atoms with Crippen molar-refractivity contribution in [3.63, 3.8) is 0 Å². The second-order valence-electron chi connectivity index (χ2n) is 5.88.